The van der Waals surface area contributed by atoms with E-state index in [-0.39, 0.29) is 24.0 Å². The van der Waals surface area contributed by atoms with Crippen molar-refractivity contribution in [2.45, 2.75) is 348 Å². The van der Waals surface area contributed by atoms with Crippen molar-refractivity contribution in [1.29, 1.82) is 0 Å². The van der Waals surface area contributed by atoms with Gasteiger partial charge >= 0.3 is 0 Å². The van der Waals surface area contributed by atoms with Gasteiger partial charge in [0, 0.05) is 78.3 Å². The quantitative estimate of drug-likeness (QED) is 0.0446. The minimum Gasteiger partial charge on any atom is -0.392 e. The number of hydrogen-bond acceptors (Lipinski definition) is 8. The molecule has 4 N–H and O–H groups in total. The first-order chi connectivity index (χ1) is 39.1. The first-order valence-corrected chi connectivity index (χ1v) is 35.9. The third-order valence-electron chi connectivity index (χ3n) is 17.2. The van der Waals surface area contributed by atoms with Gasteiger partial charge in [0.15, 0.2) is 0 Å². The second kappa shape index (κ2) is 63.7. The highest BCUT2D eigenvalue weighted by molar-refractivity contribution is 5.76. The van der Waals surface area contributed by atoms with Crippen LogP contribution in [0.2, 0.25) is 0 Å². The number of hydrogen-bond donors (Lipinski definition) is 4. The van der Waals surface area contributed by atoms with Crippen molar-refractivity contribution in [2.75, 3.05) is 92.6 Å². The van der Waals surface area contributed by atoms with Crippen LogP contribution >= 0.6 is 0 Å². The average Bonchev–Trinajstić information content (AvgIpc) is 3.44. The van der Waals surface area contributed by atoms with E-state index in [0.29, 0.717) is 52.1 Å². The number of aliphatic hydroxyl groups is 2. The van der Waals surface area contributed by atoms with Gasteiger partial charge in [-0.05, 0) is 52.9 Å². The Balaban J connectivity index is 4.69. The second-order valence-corrected chi connectivity index (χ2v) is 25.4. The molecule has 80 heavy (non-hydrogen) atoms. The van der Waals surface area contributed by atoms with Crippen molar-refractivity contribution >= 4 is 11.8 Å². The van der Waals surface area contributed by atoms with E-state index in [9.17, 15) is 19.8 Å². The Morgan fingerprint density at radius 1 is 0.300 bits per heavy atom. The minimum absolute atomic E-state index is 0.0920. The Morgan fingerprint density at radius 3 is 0.775 bits per heavy atom. The molecule has 0 fully saturated rings. The molecule has 2 amide bonds. The molecular weight excluding hydrogens is 989 g/mol. The van der Waals surface area contributed by atoms with Crippen LogP contribution in [0.25, 0.3) is 0 Å². The van der Waals surface area contributed by atoms with Crippen LogP contribution in [0.5, 0.6) is 0 Å². The molecule has 10 nitrogen and oxygen atoms in total. The zero-order valence-electron chi connectivity index (χ0n) is 55.1. The third kappa shape index (κ3) is 59.8. The maximum Gasteiger partial charge on any atom is 0.221 e. The summed E-state index contributed by atoms with van der Waals surface area (Å²) in [7, 11) is 4.16. The number of nitrogens with zero attached hydrogens (tertiary/aromatic N) is 4. The van der Waals surface area contributed by atoms with E-state index in [2.05, 4.69) is 72.0 Å². The molecule has 0 heterocycles. The van der Waals surface area contributed by atoms with Crippen molar-refractivity contribution in [3.63, 3.8) is 0 Å². The van der Waals surface area contributed by atoms with Gasteiger partial charge < -0.3 is 30.6 Å². The molecule has 0 aromatic heterocycles. The molecular formula is C70H144N6O4. The predicted molar refractivity (Wildman–Crippen MR) is 350 cm³/mol. The van der Waals surface area contributed by atoms with Crippen LogP contribution in [0.15, 0.2) is 0 Å². The predicted octanol–water partition coefficient (Wildman–Crippen LogP) is 17.2. The number of carbonyl (C=O) groups excluding carboxylic acids is 2. The average molecular weight is 1130 g/mol. The highest BCUT2D eigenvalue weighted by Gasteiger charge is 2.15. The summed E-state index contributed by atoms with van der Waals surface area (Å²) < 4.78 is 0. The van der Waals surface area contributed by atoms with Crippen LogP contribution in [0, 0.1) is 0 Å². The van der Waals surface area contributed by atoms with Gasteiger partial charge in [-0.1, -0.05) is 297 Å². The molecule has 0 saturated heterocycles. The fraction of sp³-hybridized carbons (Fsp3) is 0.971. The Labute approximate surface area is 500 Å². The molecule has 0 aliphatic rings. The molecule has 0 radical (unpaired) electrons. The number of aliphatic hydroxyl groups excluding tert-OH is 2. The highest BCUT2D eigenvalue weighted by atomic mass is 16.3. The number of likely N-dealkylation sites (N-methyl/N-ethyl adjacent to an activating group) is 2. The lowest BCUT2D eigenvalue weighted by Gasteiger charge is -2.26. The van der Waals surface area contributed by atoms with Crippen LogP contribution in [0.4, 0.5) is 0 Å². The summed E-state index contributed by atoms with van der Waals surface area (Å²) in [6, 6.07) is 0. The van der Waals surface area contributed by atoms with Gasteiger partial charge in [0.05, 0.1) is 12.2 Å². The number of carbonyl (C=O) groups is 2. The summed E-state index contributed by atoms with van der Waals surface area (Å²) >= 11 is 0. The van der Waals surface area contributed by atoms with Crippen molar-refractivity contribution < 1.29 is 19.8 Å². The molecule has 0 aliphatic carbocycles. The topological polar surface area (TPSA) is 112 Å². The number of nitrogens with one attached hydrogen (secondary N) is 2. The molecule has 0 spiro atoms. The van der Waals surface area contributed by atoms with E-state index < -0.39 is 0 Å². The van der Waals surface area contributed by atoms with Crippen LogP contribution < -0.4 is 10.6 Å². The molecule has 478 valence electrons. The molecule has 0 aromatic carbocycles. The van der Waals surface area contributed by atoms with Gasteiger partial charge in [0.2, 0.25) is 11.8 Å². The van der Waals surface area contributed by atoms with E-state index in [0.717, 1.165) is 77.8 Å². The lowest BCUT2D eigenvalue weighted by Crippen LogP contribution is -2.40. The molecule has 0 saturated carbocycles. The fourth-order valence-corrected chi connectivity index (χ4v) is 11.5. The molecule has 10 heteroatoms. The van der Waals surface area contributed by atoms with Crippen LogP contribution in [0.1, 0.15) is 336 Å². The fourth-order valence-electron chi connectivity index (χ4n) is 11.5. The van der Waals surface area contributed by atoms with E-state index in [1.807, 2.05) is 0 Å². The maximum absolute atomic E-state index is 13.0. The number of rotatable bonds is 67. The van der Waals surface area contributed by atoms with E-state index >= 15 is 0 Å². The molecule has 0 aliphatic heterocycles. The first-order valence-electron chi connectivity index (χ1n) is 35.9. The van der Waals surface area contributed by atoms with Crippen molar-refractivity contribution in [3.05, 3.63) is 0 Å². The van der Waals surface area contributed by atoms with Crippen molar-refractivity contribution in [3.8, 4) is 0 Å². The monoisotopic (exact) mass is 1130 g/mol. The summed E-state index contributed by atoms with van der Waals surface area (Å²) in [5.41, 5.74) is 0. The minimum atomic E-state index is -0.303. The standard InChI is InChI=1S/C70H144N6O4/c1-7-11-15-19-23-27-31-33-37-41-45-49-57-75(65-67(77)51-47-43-39-35-29-25-21-17-13-9-3)61-55-71-69(79)53-59-73(5)63-64-74(6)60-54-70(80)72-56-62-76(58-50-46-42-38-34-32-28-24-20-16-12-8-2)66-68(78)52-48-44-40-36-30-26-22-18-14-10-4/h67-68,77-78H,7-66H2,1-6H3,(H,71,79)(H,72,80). The van der Waals surface area contributed by atoms with Gasteiger partial charge in [-0.15, -0.1) is 0 Å². The summed E-state index contributed by atoms with van der Waals surface area (Å²) in [6.07, 6.45) is 60.4. The maximum atomic E-state index is 13.0. The van der Waals surface area contributed by atoms with Gasteiger partial charge in [-0.2, -0.15) is 0 Å². The summed E-state index contributed by atoms with van der Waals surface area (Å²) in [5, 5.41) is 28.6. The van der Waals surface area contributed by atoms with Crippen molar-refractivity contribution in [2.24, 2.45) is 0 Å². The van der Waals surface area contributed by atoms with Gasteiger partial charge in [-0.25, -0.2) is 0 Å². The van der Waals surface area contributed by atoms with Crippen LogP contribution in [-0.4, -0.2) is 146 Å². The molecule has 0 bridgehead atoms. The molecule has 0 rings (SSSR count). The largest absolute Gasteiger partial charge is 0.392 e. The Kier molecular flexibility index (Phi) is 62.7. The Morgan fingerprint density at radius 2 is 0.525 bits per heavy atom. The van der Waals surface area contributed by atoms with Crippen LogP contribution in [0.3, 0.4) is 0 Å². The SMILES string of the molecule is CCCCCCCCCCCCCCN(CCNC(=O)CCN(C)CCN(C)CCC(=O)NCCN(CCCCCCCCCCCCCC)CC(O)CCCCCCCCCCCC)CC(O)CCCCCCCCCCCC. The molecule has 2 unspecified atom stereocenters. The zero-order valence-corrected chi connectivity index (χ0v) is 55.1. The van der Waals surface area contributed by atoms with E-state index in [4.69, 9.17) is 0 Å². The summed E-state index contributed by atoms with van der Waals surface area (Å²) in [6.45, 7) is 18.4. The number of unbranched alkanes of at least 4 members (excludes halogenated alkanes) is 40. The highest BCUT2D eigenvalue weighted by Crippen LogP contribution is 2.17. The van der Waals surface area contributed by atoms with E-state index in [1.165, 1.54) is 257 Å². The first kappa shape index (κ1) is 78.7. The lowest BCUT2D eigenvalue weighted by atomic mass is 10.0. The lowest BCUT2D eigenvalue weighted by molar-refractivity contribution is -0.122. The second-order valence-electron chi connectivity index (χ2n) is 25.4. The van der Waals surface area contributed by atoms with E-state index in [1.54, 1.807) is 0 Å². The Bertz CT molecular complexity index is 1150. The normalized spacial score (nSPS) is 12.7. The molecule has 0 aromatic rings. The zero-order chi connectivity index (χ0) is 58.5. The Hall–Kier alpha value is -1.30. The van der Waals surface area contributed by atoms with Gasteiger partial charge in [-0.3, -0.25) is 19.4 Å². The molecule has 2 atom stereocenters. The summed E-state index contributed by atoms with van der Waals surface area (Å²) in [5.74, 6) is 0.184. The third-order valence-corrected chi connectivity index (χ3v) is 17.2. The van der Waals surface area contributed by atoms with Gasteiger partial charge in [0.25, 0.3) is 0 Å². The smallest absolute Gasteiger partial charge is 0.221 e. The number of amides is 2. The summed E-state index contributed by atoms with van der Waals surface area (Å²) in [4.78, 5) is 35.3. The van der Waals surface area contributed by atoms with Gasteiger partial charge in [0.1, 0.15) is 0 Å². The van der Waals surface area contributed by atoms with Crippen molar-refractivity contribution in [1.82, 2.24) is 30.2 Å². The van der Waals surface area contributed by atoms with Crippen LogP contribution in [-0.2, 0) is 9.59 Å².